The van der Waals surface area contributed by atoms with Crippen molar-refractivity contribution in [2.45, 2.75) is 109 Å². The standard InChI is InChI=1S/C28H45BN3O3S/c1-26(2,3)34-24(19-33)23(30)13-8-9-18-31-25(20-11-10-12-20)32-22-16-14-21(15-17-22)29-35-27(4,5)28(6,7)36/h14-17,23,31-32,36H,8-13,18,30H2,1-7H3. The Bertz CT molecular complexity index is 921. The van der Waals surface area contributed by atoms with Gasteiger partial charge in [0.15, 0.2) is 11.7 Å². The molecule has 36 heavy (non-hydrogen) atoms. The number of nitrogens with one attached hydrogen (secondary N) is 2. The number of allylic oxidation sites excluding steroid dienone is 1. The van der Waals surface area contributed by atoms with Crippen LogP contribution in [0, 0.1) is 0 Å². The van der Waals surface area contributed by atoms with Crippen molar-refractivity contribution < 1.29 is 14.2 Å². The highest BCUT2D eigenvalue weighted by Crippen LogP contribution is 2.31. The summed E-state index contributed by atoms with van der Waals surface area (Å²) in [5.74, 6) is 3.18. The highest BCUT2D eigenvalue weighted by molar-refractivity contribution is 7.81. The third-order valence-corrected chi connectivity index (χ3v) is 7.09. The van der Waals surface area contributed by atoms with Crippen LogP contribution in [-0.2, 0) is 14.2 Å². The van der Waals surface area contributed by atoms with Gasteiger partial charge in [0.25, 0.3) is 0 Å². The van der Waals surface area contributed by atoms with Crippen LogP contribution in [0.3, 0.4) is 0 Å². The number of nitrogens with two attached hydrogens (primary N) is 1. The Hall–Kier alpha value is -1.86. The van der Waals surface area contributed by atoms with Crippen LogP contribution in [-0.4, -0.2) is 42.0 Å². The fourth-order valence-corrected chi connectivity index (χ4v) is 3.40. The molecule has 6 nitrogen and oxygen atoms in total. The average Bonchev–Trinajstić information content (AvgIpc) is 2.74. The van der Waals surface area contributed by atoms with Crippen molar-refractivity contribution in [3.05, 3.63) is 41.4 Å². The van der Waals surface area contributed by atoms with Crippen molar-refractivity contribution in [1.29, 1.82) is 0 Å². The number of unbranched alkanes of at least 4 members (excludes halogenated alkanes) is 1. The lowest BCUT2D eigenvalue weighted by molar-refractivity contribution is 0.0443. The first kappa shape index (κ1) is 30.4. The van der Waals surface area contributed by atoms with Crippen LogP contribution in [0.25, 0.3) is 0 Å². The highest BCUT2D eigenvalue weighted by Gasteiger charge is 2.34. The van der Waals surface area contributed by atoms with E-state index in [1.165, 1.54) is 12.0 Å². The first-order valence-electron chi connectivity index (χ1n) is 13.0. The molecule has 0 amide bonds. The molecule has 0 heterocycles. The van der Waals surface area contributed by atoms with Gasteiger partial charge < -0.3 is 25.8 Å². The molecule has 1 unspecified atom stereocenters. The quantitative estimate of drug-likeness (QED) is 0.0933. The molecule has 8 heteroatoms. The van der Waals surface area contributed by atoms with E-state index in [4.69, 9.17) is 15.1 Å². The van der Waals surface area contributed by atoms with Gasteiger partial charge in [-0.3, -0.25) is 0 Å². The van der Waals surface area contributed by atoms with Crippen LogP contribution in [0.5, 0.6) is 0 Å². The predicted molar refractivity (Wildman–Crippen MR) is 154 cm³/mol. The zero-order valence-corrected chi connectivity index (χ0v) is 24.1. The van der Waals surface area contributed by atoms with Gasteiger partial charge in [-0.1, -0.05) is 17.6 Å². The smallest absolute Gasteiger partial charge is 0.330 e. The van der Waals surface area contributed by atoms with Crippen molar-refractivity contribution in [3.63, 3.8) is 0 Å². The number of hydrogen-bond donors (Lipinski definition) is 4. The van der Waals surface area contributed by atoms with Crippen LogP contribution < -0.4 is 21.8 Å². The third-order valence-electron chi connectivity index (χ3n) is 6.55. The number of ether oxygens (including phenoxy) is 1. The van der Waals surface area contributed by atoms with Crippen molar-refractivity contribution in [3.8, 4) is 0 Å². The Morgan fingerprint density at radius 2 is 1.75 bits per heavy atom. The molecule has 1 aliphatic carbocycles. The molecule has 199 valence electrons. The molecule has 1 atom stereocenters. The largest absolute Gasteiger partial charge is 0.480 e. The summed E-state index contributed by atoms with van der Waals surface area (Å²) in [4.78, 5) is 11.2. The summed E-state index contributed by atoms with van der Waals surface area (Å²) in [6, 6.07) is 7.80. The predicted octanol–water partition coefficient (Wildman–Crippen LogP) is 4.86. The van der Waals surface area contributed by atoms with E-state index in [0.717, 1.165) is 49.2 Å². The second-order valence-corrected chi connectivity index (χ2v) is 12.7. The highest BCUT2D eigenvalue weighted by atomic mass is 32.1. The molecule has 4 N–H and O–H groups in total. The minimum absolute atomic E-state index is 0.207. The second kappa shape index (κ2) is 13.1. The maximum absolute atomic E-state index is 11.2. The average molecular weight is 515 g/mol. The number of benzene rings is 1. The van der Waals surface area contributed by atoms with Crippen molar-refractivity contribution >= 4 is 37.2 Å². The summed E-state index contributed by atoms with van der Waals surface area (Å²) in [5, 5.41) is 7.13. The van der Waals surface area contributed by atoms with Gasteiger partial charge in [-0.05, 0) is 105 Å². The number of rotatable bonds is 14. The van der Waals surface area contributed by atoms with Crippen molar-refractivity contribution in [2.24, 2.45) is 5.73 Å². The Morgan fingerprint density at radius 1 is 1.11 bits per heavy atom. The Balaban J connectivity index is 1.83. The number of anilines is 1. The van der Waals surface area contributed by atoms with E-state index < -0.39 is 17.2 Å². The van der Waals surface area contributed by atoms with Crippen LogP contribution in [0.2, 0.25) is 0 Å². The molecular weight excluding hydrogens is 469 g/mol. The van der Waals surface area contributed by atoms with Crippen LogP contribution in [0.4, 0.5) is 5.69 Å². The molecule has 1 aliphatic rings. The molecule has 0 saturated heterocycles. The van der Waals surface area contributed by atoms with Gasteiger partial charge in [-0.15, -0.1) is 0 Å². The van der Waals surface area contributed by atoms with E-state index in [0.29, 0.717) is 6.42 Å². The monoisotopic (exact) mass is 514 g/mol. The molecule has 1 fully saturated rings. The van der Waals surface area contributed by atoms with Crippen LogP contribution in [0.15, 0.2) is 41.4 Å². The Kier molecular flexibility index (Phi) is 11.0. The van der Waals surface area contributed by atoms with Crippen LogP contribution in [0.1, 0.15) is 87.0 Å². The van der Waals surface area contributed by atoms with Gasteiger partial charge in [0.05, 0.1) is 11.6 Å². The second-order valence-electron chi connectivity index (χ2n) is 11.6. The van der Waals surface area contributed by atoms with Gasteiger partial charge in [0, 0.05) is 17.0 Å². The maximum atomic E-state index is 11.2. The van der Waals surface area contributed by atoms with E-state index >= 15 is 0 Å². The summed E-state index contributed by atoms with van der Waals surface area (Å²) in [5.41, 5.74) is 8.77. The van der Waals surface area contributed by atoms with E-state index in [1.807, 2.05) is 52.7 Å². The fourth-order valence-electron chi connectivity index (χ4n) is 3.35. The van der Waals surface area contributed by atoms with Gasteiger partial charge in [0.2, 0.25) is 0 Å². The first-order valence-corrected chi connectivity index (χ1v) is 13.4. The molecule has 0 aromatic heterocycles. The zero-order valence-electron chi connectivity index (χ0n) is 23.2. The number of thiol groups is 1. The molecular formula is C28H45BN3O3S. The van der Waals surface area contributed by atoms with Gasteiger partial charge in [-0.2, -0.15) is 12.6 Å². The molecule has 0 spiro atoms. The zero-order chi connectivity index (χ0) is 27.0. The normalized spacial score (nSPS) is 14.9. The number of carbonyl (C=O) groups excluding carboxylic acids is 1. The van der Waals surface area contributed by atoms with Gasteiger partial charge in [-0.25, -0.2) is 4.79 Å². The molecule has 1 aromatic rings. The minimum atomic E-state index is -0.454. The summed E-state index contributed by atoms with van der Waals surface area (Å²) < 4.78 is 11.4. The lowest BCUT2D eigenvalue weighted by Gasteiger charge is -2.38. The Labute approximate surface area is 224 Å². The first-order chi connectivity index (χ1) is 16.7. The SMILES string of the molecule is CC(C)(C)OC(=C=O)C(N)CCCCNC(Nc1ccc([B]OC(C)(C)C(C)(C)S)cc1)=C1CCC1. The molecule has 1 radical (unpaired) electrons. The van der Waals surface area contributed by atoms with Gasteiger partial charge >= 0.3 is 7.48 Å². The van der Waals surface area contributed by atoms with Crippen molar-refractivity contribution in [2.75, 3.05) is 11.9 Å². The fraction of sp³-hybridized carbons (Fsp3) is 0.643. The van der Waals surface area contributed by atoms with E-state index in [1.54, 1.807) is 7.48 Å². The molecule has 0 aliphatic heterocycles. The van der Waals surface area contributed by atoms with E-state index in [-0.39, 0.29) is 10.5 Å². The summed E-state index contributed by atoms with van der Waals surface area (Å²) in [7, 11) is 1.80. The lowest BCUT2D eigenvalue weighted by atomic mass is 9.84. The van der Waals surface area contributed by atoms with E-state index in [2.05, 4.69) is 49.2 Å². The number of hydrogen-bond acceptors (Lipinski definition) is 7. The summed E-state index contributed by atoms with van der Waals surface area (Å²) in [6.07, 6.45) is 5.98. The third kappa shape index (κ3) is 9.89. The van der Waals surface area contributed by atoms with Gasteiger partial charge in [0.1, 0.15) is 11.4 Å². The summed E-state index contributed by atoms with van der Waals surface area (Å²) in [6.45, 7) is 14.7. The van der Waals surface area contributed by atoms with E-state index in [9.17, 15) is 4.79 Å². The summed E-state index contributed by atoms with van der Waals surface area (Å²) >= 11 is 4.65. The molecule has 1 saturated carbocycles. The van der Waals surface area contributed by atoms with Crippen molar-refractivity contribution in [1.82, 2.24) is 5.32 Å². The lowest BCUT2D eigenvalue weighted by Crippen LogP contribution is -2.45. The Morgan fingerprint density at radius 3 is 2.25 bits per heavy atom. The minimum Gasteiger partial charge on any atom is -0.480 e. The molecule has 1 aromatic carbocycles. The maximum Gasteiger partial charge on any atom is 0.330 e. The molecule has 0 bridgehead atoms. The topological polar surface area (TPSA) is 85.6 Å². The molecule has 2 rings (SSSR count). The van der Waals surface area contributed by atoms with Crippen LogP contribution >= 0.6 is 12.6 Å².